The third-order valence-corrected chi connectivity index (χ3v) is 7.06. The molecule has 0 spiro atoms. The van der Waals surface area contributed by atoms with E-state index in [-0.39, 0.29) is 11.8 Å². The maximum Gasteiger partial charge on any atom is 0.254 e. The van der Waals surface area contributed by atoms with Crippen molar-refractivity contribution in [2.75, 3.05) is 33.2 Å². The Balaban J connectivity index is 1.87. The maximum atomic E-state index is 14.1. The summed E-state index contributed by atoms with van der Waals surface area (Å²) in [5.41, 5.74) is 3.87. The van der Waals surface area contributed by atoms with E-state index < -0.39 is 12.0 Å². The molecule has 1 aliphatic heterocycles. The molecular formula is C31H36N2O5. The van der Waals surface area contributed by atoms with Gasteiger partial charge in [0, 0.05) is 17.8 Å². The molecule has 3 aromatic carbocycles. The molecule has 200 valence electrons. The molecule has 1 heterocycles. The van der Waals surface area contributed by atoms with E-state index in [4.69, 9.17) is 14.2 Å². The molecule has 0 saturated heterocycles. The van der Waals surface area contributed by atoms with Crippen LogP contribution in [0.15, 0.2) is 60.7 Å². The Morgan fingerprint density at radius 3 is 2.13 bits per heavy atom. The molecule has 7 nitrogen and oxygen atoms in total. The van der Waals surface area contributed by atoms with Crippen molar-refractivity contribution in [3.63, 3.8) is 0 Å². The largest absolute Gasteiger partial charge is 0.493 e. The number of rotatable bonds is 9. The minimum atomic E-state index is -0.664. The van der Waals surface area contributed by atoms with Gasteiger partial charge in [0.25, 0.3) is 5.91 Å². The molecule has 2 atom stereocenters. The van der Waals surface area contributed by atoms with Crippen molar-refractivity contribution in [2.45, 2.75) is 45.1 Å². The summed E-state index contributed by atoms with van der Waals surface area (Å²) < 4.78 is 16.8. The van der Waals surface area contributed by atoms with Gasteiger partial charge in [0.05, 0.1) is 33.3 Å². The number of ether oxygens (including phenoxy) is 3. The minimum Gasteiger partial charge on any atom is -0.493 e. The zero-order valence-electron chi connectivity index (χ0n) is 22.9. The predicted octanol–water partition coefficient (Wildman–Crippen LogP) is 6.17. The molecular weight excluding hydrogens is 480 g/mol. The van der Waals surface area contributed by atoms with Crippen LogP contribution in [0, 0.1) is 0 Å². The average Bonchev–Trinajstić information content (AvgIpc) is 2.93. The fraction of sp³-hybridized carbons (Fsp3) is 0.355. The molecule has 1 aliphatic rings. The van der Waals surface area contributed by atoms with Crippen molar-refractivity contribution in [1.82, 2.24) is 4.90 Å². The van der Waals surface area contributed by atoms with E-state index >= 15 is 0 Å². The number of hydrogen-bond donors (Lipinski definition) is 1. The van der Waals surface area contributed by atoms with Crippen LogP contribution in [0.1, 0.15) is 72.1 Å². The second kappa shape index (κ2) is 11.6. The van der Waals surface area contributed by atoms with Crippen LogP contribution in [-0.4, -0.2) is 44.6 Å². The highest BCUT2D eigenvalue weighted by Crippen LogP contribution is 2.47. The van der Waals surface area contributed by atoms with Crippen molar-refractivity contribution in [2.24, 2.45) is 0 Å². The van der Waals surface area contributed by atoms with Gasteiger partial charge in [-0.2, -0.15) is 0 Å². The second-order valence-corrected chi connectivity index (χ2v) is 9.73. The Morgan fingerprint density at radius 2 is 1.58 bits per heavy atom. The smallest absolute Gasteiger partial charge is 0.254 e. The van der Waals surface area contributed by atoms with E-state index in [1.54, 1.807) is 32.3 Å². The lowest BCUT2D eigenvalue weighted by Gasteiger charge is -2.42. The first-order chi connectivity index (χ1) is 18.3. The molecule has 7 heteroatoms. The molecule has 0 bridgehead atoms. The van der Waals surface area contributed by atoms with Gasteiger partial charge in [-0.15, -0.1) is 0 Å². The monoisotopic (exact) mass is 516 g/mol. The molecule has 0 fully saturated rings. The Bertz CT molecular complexity index is 1280. The first-order valence-electron chi connectivity index (χ1n) is 12.9. The first kappa shape index (κ1) is 27.0. The summed E-state index contributed by atoms with van der Waals surface area (Å²) in [6, 6.07) is 18.3. The molecule has 38 heavy (non-hydrogen) atoms. The van der Waals surface area contributed by atoms with Crippen LogP contribution in [0.3, 0.4) is 0 Å². The van der Waals surface area contributed by atoms with Crippen LogP contribution >= 0.6 is 0 Å². The number of amides is 2. The molecule has 0 aliphatic carbocycles. The molecule has 1 N–H and O–H groups in total. The summed E-state index contributed by atoms with van der Waals surface area (Å²) in [5.74, 6) is 0.815. The zero-order chi connectivity index (χ0) is 27.4. The normalized spacial score (nSPS) is 16.7. The van der Waals surface area contributed by atoms with Gasteiger partial charge in [0.15, 0.2) is 11.5 Å². The number of carbonyl (C=O) groups excluding carboxylic acids is 2. The van der Waals surface area contributed by atoms with E-state index in [0.29, 0.717) is 46.5 Å². The van der Waals surface area contributed by atoms with Gasteiger partial charge in [-0.25, -0.2) is 0 Å². The molecule has 0 aromatic heterocycles. The highest BCUT2D eigenvalue weighted by atomic mass is 16.5. The van der Waals surface area contributed by atoms with E-state index in [1.807, 2.05) is 61.5 Å². The summed E-state index contributed by atoms with van der Waals surface area (Å²) in [7, 11) is 4.65. The fourth-order valence-corrected chi connectivity index (χ4v) is 5.18. The molecule has 4 rings (SSSR count). The number of carbonyl (C=O) groups is 2. The van der Waals surface area contributed by atoms with Gasteiger partial charge >= 0.3 is 0 Å². The van der Waals surface area contributed by atoms with E-state index in [1.165, 1.54) is 5.56 Å². The van der Waals surface area contributed by atoms with Crippen LogP contribution < -0.4 is 19.5 Å². The van der Waals surface area contributed by atoms with Crippen LogP contribution in [0.4, 0.5) is 5.69 Å². The highest BCUT2D eigenvalue weighted by Gasteiger charge is 2.44. The Hall–Kier alpha value is -4.00. The van der Waals surface area contributed by atoms with Crippen LogP contribution in [0.2, 0.25) is 0 Å². The number of nitrogens with one attached hydrogen (secondary N) is 1. The third-order valence-electron chi connectivity index (χ3n) is 7.06. The van der Waals surface area contributed by atoms with Crippen LogP contribution in [-0.2, 0) is 4.79 Å². The van der Waals surface area contributed by atoms with Gasteiger partial charge in [0.1, 0.15) is 0 Å². The summed E-state index contributed by atoms with van der Waals surface area (Å²) >= 11 is 0. The predicted molar refractivity (Wildman–Crippen MR) is 149 cm³/mol. The van der Waals surface area contributed by atoms with E-state index in [9.17, 15) is 9.59 Å². The molecule has 3 aromatic rings. The highest BCUT2D eigenvalue weighted by molar-refractivity contribution is 6.04. The average molecular weight is 517 g/mol. The number of fused-ring (bicyclic) bond motifs is 1. The summed E-state index contributed by atoms with van der Waals surface area (Å²) in [6.07, 6.45) is 0.736. The number of benzene rings is 3. The lowest BCUT2D eigenvalue weighted by atomic mass is 9.78. The standard InChI is InChI=1S/C31H36N2O5/c1-7-16-33-28(21-17-25(36-4)29(38-6)26(18-21)37-5)27(23-10-8-9-11-24(23)31(33)35)30(34)32-22-14-12-20(13-15-22)19(2)3/h8-15,17-19,27-28H,7,16H2,1-6H3,(H,32,34)/t27-,28+/m0/s1. The van der Waals surface area contributed by atoms with Crippen molar-refractivity contribution in [1.29, 1.82) is 0 Å². The zero-order valence-corrected chi connectivity index (χ0v) is 22.9. The number of nitrogens with zero attached hydrogens (tertiary/aromatic N) is 1. The molecule has 0 saturated carbocycles. The van der Waals surface area contributed by atoms with Gasteiger partial charge in [-0.1, -0.05) is 51.1 Å². The number of hydrogen-bond acceptors (Lipinski definition) is 5. The van der Waals surface area contributed by atoms with Crippen LogP contribution in [0.5, 0.6) is 17.2 Å². The van der Waals surface area contributed by atoms with Gasteiger partial charge in [-0.05, 0) is 59.4 Å². The van der Waals surface area contributed by atoms with Crippen molar-refractivity contribution < 1.29 is 23.8 Å². The molecule has 0 radical (unpaired) electrons. The van der Waals surface area contributed by atoms with Gasteiger partial charge in [-0.3, -0.25) is 9.59 Å². The van der Waals surface area contributed by atoms with E-state index in [2.05, 4.69) is 19.2 Å². The SMILES string of the molecule is CCCN1C(=O)c2ccccc2[C@H](C(=O)Nc2ccc(C(C)C)cc2)[C@H]1c1cc(OC)c(OC)c(OC)c1. The topological polar surface area (TPSA) is 77.1 Å². The fourth-order valence-electron chi connectivity index (χ4n) is 5.18. The molecule has 0 unspecified atom stereocenters. The van der Waals surface area contributed by atoms with Crippen molar-refractivity contribution in [3.05, 3.63) is 82.9 Å². The quantitative estimate of drug-likeness (QED) is 0.368. The lowest BCUT2D eigenvalue weighted by molar-refractivity contribution is -0.119. The second-order valence-electron chi connectivity index (χ2n) is 9.73. The summed E-state index contributed by atoms with van der Waals surface area (Å²) in [4.78, 5) is 29.6. The first-order valence-corrected chi connectivity index (χ1v) is 12.9. The third kappa shape index (κ3) is 5.05. The summed E-state index contributed by atoms with van der Waals surface area (Å²) in [6.45, 7) is 6.77. The Morgan fingerprint density at radius 1 is 0.947 bits per heavy atom. The Kier molecular flexibility index (Phi) is 8.25. The van der Waals surface area contributed by atoms with Gasteiger partial charge < -0.3 is 24.4 Å². The number of methoxy groups -OCH3 is 3. The van der Waals surface area contributed by atoms with Crippen molar-refractivity contribution in [3.8, 4) is 17.2 Å². The number of anilines is 1. The van der Waals surface area contributed by atoms with E-state index in [0.717, 1.165) is 12.0 Å². The summed E-state index contributed by atoms with van der Waals surface area (Å²) in [5, 5.41) is 3.11. The van der Waals surface area contributed by atoms with Crippen molar-refractivity contribution >= 4 is 17.5 Å². The maximum absolute atomic E-state index is 14.1. The van der Waals surface area contributed by atoms with Crippen LogP contribution in [0.25, 0.3) is 0 Å². The molecule has 2 amide bonds. The minimum absolute atomic E-state index is 0.105. The lowest BCUT2D eigenvalue weighted by Crippen LogP contribution is -2.46. The Labute approximate surface area is 224 Å². The van der Waals surface area contributed by atoms with Gasteiger partial charge in [0.2, 0.25) is 11.7 Å².